The van der Waals surface area contributed by atoms with Crippen LogP contribution in [0.1, 0.15) is 45.1 Å². The fourth-order valence-corrected chi connectivity index (χ4v) is 1.62. The quantitative estimate of drug-likeness (QED) is 0.669. The molecule has 0 atom stereocenters. The van der Waals surface area contributed by atoms with Crippen molar-refractivity contribution in [3.05, 3.63) is 24.0 Å². The zero-order chi connectivity index (χ0) is 12.3. The SMILES string of the molecule is CCCCCOc1ccncc1CNCCC. The number of rotatable bonds is 9. The summed E-state index contributed by atoms with van der Waals surface area (Å²) in [5.41, 5.74) is 1.15. The lowest BCUT2D eigenvalue weighted by Crippen LogP contribution is -2.15. The zero-order valence-corrected chi connectivity index (χ0v) is 11.0. The second kappa shape index (κ2) is 8.99. The Bertz CT molecular complexity index is 302. The van der Waals surface area contributed by atoms with Crippen LogP contribution in [0.3, 0.4) is 0 Å². The molecule has 1 N–H and O–H groups in total. The minimum atomic E-state index is 0.804. The zero-order valence-electron chi connectivity index (χ0n) is 11.0. The van der Waals surface area contributed by atoms with Gasteiger partial charge in [-0.1, -0.05) is 26.7 Å². The Labute approximate surface area is 105 Å². The van der Waals surface area contributed by atoms with Crippen molar-refractivity contribution in [1.29, 1.82) is 0 Å². The summed E-state index contributed by atoms with van der Waals surface area (Å²) in [6.07, 6.45) is 8.41. The van der Waals surface area contributed by atoms with Crippen LogP contribution in [0, 0.1) is 0 Å². The van der Waals surface area contributed by atoms with E-state index in [4.69, 9.17) is 4.74 Å². The van der Waals surface area contributed by atoms with E-state index < -0.39 is 0 Å². The van der Waals surface area contributed by atoms with Crippen LogP contribution in [-0.2, 0) is 6.54 Å². The molecule has 0 aliphatic heterocycles. The van der Waals surface area contributed by atoms with Gasteiger partial charge in [-0.05, 0) is 25.5 Å². The number of pyridine rings is 1. The highest BCUT2D eigenvalue weighted by Crippen LogP contribution is 2.16. The van der Waals surface area contributed by atoms with E-state index in [-0.39, 0.29) is 0 Å². The van der Waals surface area contributed by atoms with Crippen LogP contribution in [0.5, 0.6) is 5.75 Å². The van der Waals surface area contributed by atoms with Crippen LogP contribution >= 0.6 is 0 Å². The molecular weight excluding hydrogens is 212 g/mol. The van der Waals surface area contributed by atoms with Crippen molar-refractivity contribution in [2.24, 2.45) is 0 Å². The fraction of sp³-hybridized carbons (Fsp3) is 0.643. The van der Waals surface area contributed by atoms with Gasteiger partial charge in [0.2, 0.25) is 0 Å². The van der Waals surface area contributed by atoms with Crippen LogP contribution < -0.4 is 10.1 Å². The van der Waals surface area contributed by atoms with Crippen molar-refractivity contribution in [3.63, 3.8) is 0 Å². The summed E-state index contributed by atoms with van der Waals surface area (Å²) in [6, 6.07) is 1.95. The molecule has 1 heterocycles. The summed E-state index contributed by atoms with van der Waals surface area (Å²) in [5.74, 6) is 0.972. The lowest BCUT2D eigenvalue weighted by atomic mass is 10.2. The van der Waals surface area contributed by atoms with Crippen molar-refractivity contribution < 1.29 is 4.74 Å². The summed E-state index contributed by atoms with van der Waals surface area (Å²) < 4.78 is 5.79. The molecule has 3 heteroatoms. The Balaban J connectivity index is 2.40. The molecule has 0 aliphatic rings. The molecule has 0 bridgehead atoms. The highest BCUT2D eigenvalue weighted by molar-refractivity contribution is 5.29. The van der Waals surface area contributed by atoms with E-state index in [0.29, 0.717) is 0 Å². The summed E-state index contributed by atoms with van der Waals surface area (Å²) >= 11 is 0. The monoisotopic (exact) mass is 236 g/mol. The van der Waals surface area contributed by atoms with Gasteiger partial charge in [-0.2, -0.15) is 0 Å². The molecule has 0 spiro atoms. The Morgan fingerprint density at radius 3 is 2.88 bits per heavy atom. The third-order valence-corrected chi connectivity index (χ3v) is 2.61. The number of nitrogens with one attached hydrogen (secondary N) is 1. The molecule has 1 rings (SSSR count). The largest absolute Gasteiger partial charge is 0.493 e. The molecule has 0 aromatic carbocycles. The number of hydrogen-bond acceptors (Lipinski definition) is 3. The maximum absolute atomic E-state index is 5.79. The first-order valence-electron chi connectivity index (χ1n) is 6.64. The second-order valence-electron chi connectivity index (χ2n) is 4.22. The normalized spacial score (nSPS) is 10.5. The van der Waals surface area contributed by atoms with Gasteiger partial charge in [0, 0.05) is 24.5 Å². The van der Waals surface area contributed by atoms with E-state index >= 15 is 0 Å². The molecule has 0 fully saturated rings. The van der Waals surface area contributed by atoms with Crippen molar-refractivity contribution >= 4 is 0 Å². The summed E-state index contributed by atoms with van der Waals surface area (Å²) in [6.45, 7) is 7.04. The number of aromatic nitrogens is 1. The number of ether oxygens (including phenoxy) is 1. The van der Waals surface area contributed by atoms with E-state index in [1.54, 1.807) is 6.20 Å². The van der Waals surface area contributed by atoms with Crippen LogP contribution in [0.2, 0.25) is 0 Å². The van der Waals surface area contributed by atoms with Gasteiger partial charge < -0.3 is 10.1 Å². The van der Waals surface area contributed by atoms with Gasteiger partial charge in [-0.3, -0.25) is 4.98 Å². The predicted octanol–water partition coefficient (Wildman–Crippen LogP) is 3.15. The first-order valence-corrected chi connectivity index (χ1v) is 6.64. The van der Waals surface area contributed by atoms with Crippen LogP contribution in [0.4, 0.5) is 0 Å². The minimum Gasteiger partial charge on any atom is -0.493 e. The number of unbranched alkanes of at least 4 members (excludes halogenated alkanes) is 2. The van der Waals surface area contributed by atoms with E-state index in [1.165, 1.54) is 12.8 Å². The summed E-state index contributed by atoms with van der Waals surface area (Å²) in [7, 11) is 0. The fourth-order valence-electron chi connectivity index (χ4n) is 1.62. The number of nitrogens with zero attached hydrogens (tertiary/aromatic N) is 1. The Morgan fingerprint density at radius 1 is 1.24 bits per heavy atom. The van der Waals surface area contributed by atoms with Gasteiger partial charge in [-0.25, -0.2) is 0 Å². The van der Waals surface area contributed by atoms with Crippen LogP contribution in [0.25, 0.3) is 0 Å². The first kappa shape index (κ1) is 14.0. The summed E-state index contributed by atoms with van der Waals surface area (Å²) in [5, 5.41) is 3.37. The van der Waals surface area contributed by atoms with Crippen molar-refractivity contribution in [2.75, 3.05) is 13.2 Å². The molecule has 0 amide bonds. The standard InChI is InChI=1S/C14H24N2O/c1-3-5-6-10-17-14-7-9-16-12-13(14)11-15-8-4-2/h7,9,12,15H,3-6,8,10-11H2,1-2H3. The molecule has 0 radical (unpaired) electrons. The van der Waals surface area contributed by atoms with E-state index in [9.17, 15) is 0 Å². The molecular formula is C14H24N2O. The molecule has 0 saturated carbocycles. The van der Waals surface area contributed by atoms with Crippen LogP contribution in [0.15, 0.2) is 18.5 Å². The van der Waals surface area contributed by atoms with E-state index in [0.717, 1.165) is 43.9 Å². The molecule has 1 aromatic rings. The third-order valence-electron chi connectivity index (χ3n) is 2.61. The maximum atomic E-state index is 5.79. The lowest BCUT2D eigenvalue weighted by molar-refractivity contribution is 0.302. The highest BCUT2D eigenvalue weighted by atomic mass is 16.5. The molecule has 1 aromatic heterocycles. The van der Waals surface area contributed by atoms with Gasteiger partial charge in [0.1, 0.15) is 5.75 Å². The topological polar surface area (TPSA) is 34.1 Å². The smallest absolute Gasteiger partial charge is 0.126 e. The van der Waals surface area contributed by atoms with Gasteiger partial charge in [0.15, 0.2) is 0 Å². The molecule has 0 saturated heterocycles. The molecule has 0 aliphatic carbocycles. The minimum absolute atomic E-state index is 0.804. The van der Waals surface area contributed by atoms with Crippen LogP contribution in [-0.4, -0.2) is 18.1 Å². The Kier molecular flexibility index (Phi) is 7.39. The number of hydrogen-bond donors (Lipinski definition) is 1. The van der Waals surface area contributed by atoms with Gasteiger partial charge in [-0.15, -0.1) is 0 Å². The van der Waals surface area contributed by atoms with E-state index in [2.05, 4.69) is 24.1 Å². The average molecular weight is 236 g/mol. The first-order chi connectivity index (χ1) is 8.38. The Morgan fingerprint density at radius 2 is 2.12 bits per heavy atom. The predicted molar refractivity (Wildman–Crippen MR) is 71.3 cm³/mol. The maximum Gasteiger partial charge on any atom is 0.126 e. The molecule has 0 unspecified atom stereocenters. The highest BCUT2D eigenvalue weighted by Gasteiger charge is 2.02. The van der Waals surface area contributed by atoms with Crippen molar-refractivity contribution in [1.82, 2.24) is 10.3 Å². The van der Waals surface area contributed by atoms with E-state index in [1.807, 2.05) is 12.3 Å². The van der Waals surface area contributed by atoms with Gasteiger partial charge in [0.05, 0.1) is 6.61 Å². The van der Waals surface area contributed by atoms with Gasteiger partial charge >= 0.3 is 0 Å². The summed E-state index contributed by atoms with van der Waals surface area (Å²) in [4.78, 5) is 4.15. The molecule has 3 nitrogen and oxygen atoms in total. The molecule has 96 valence electrons. The van der Waals surface area contributed by atoms with Crippen molar-refractivity contribution in [2.45, 2.75) is 46.1 Å². The second-order valence-corrected chi connectivity index (χ2v) is 4.22. The third kappa shape index (κ3) is 5.68. The lowest BCUT2D eigenvalue weighted by Gasteiger charge is -2.11. The van der Waals surface area contributed by atoms with Gasteiger partial charge in [0.25, 0.3) is 0 Å². The van der Waals surface area contributed by atoms with Crippen molar-refractivity contribution in [3.8, 4) is 5.75 Å². The molecule has 17 heavy (non-hydrogen) atoms. The average Bonchev–Trinajstić information content (AvgIpc) is 2.36. The Hall–Kier alpha value is -1.09.